The van der Waals surface area contributed by atoms with Crippen molar-refractivity contribution in [1.82, 2.24) is 9.97 Å². The van der Waals surface area contributed by atoms with Crippen molar-refractivity contribution in [1.29, 1.82) is 5.26 Å². The van der Waals surface area contributed by atoms with E-state index in [9.17, 15) is 8.42 Å². The summed E-state index contributed by atoms with van der Waals surface area (Å²) >= 11 is 6.00. The van der Waals surface area contributed by atoms with Crippen LogP contribution in [-0.2, 0) is 10.0 Å². The molecular weight excluding hydrogens is 336 g/mol. The molecule has 0 spiro atoms. The topological polar surface area (TPSA) is 95.7 Å². The molecule has 3 aromatic rings. The highest BCUT2D eigenvalue weighted by molar-refractivity contribution is 7.92. The summed E-state index contributed by atoms with van der Waals surface area (Å²) in [5, 5.41) is 8.71. The Kier molecular flexibility index (Phi) is 3.86. The van der Waals surface area contributed by atoms with E-state index in [1.165, 1.54) is 24.3 Å². The Balaban J connectivity index is 1.99. The number of hydrogen-bond donors (Lipinski definition) is 1. The molecule has 0 saturated heterocycles. The third kappa shape index (κ3) is 3.08. The first-order chi connectivity index (χ1) is 11.0. The molecule has 3 rings (SSSR count). The molecular formula is C15H9ClN4O2S. The highest BCUT2D eigenvalue weighted by atomic mass is 35.5. The van der Waals surface area contributed by atoms with E-state index in [-0.39, 0.29) is 15.9 Å². The van der Waals surface area contributed by atoms with Crippen LogP contribution in [0, 0.1) is 11.3 Å². The average molecular weight is 345 g/mol. The molecule has 8 heteroatoms. The van der Waals surface area contributed by atoms with Gasteiger partial charge in [-0.05, 0) is 36.4 Å². The van der Waals surface area contributed by atoms with Gasteiger partial charge < -0.3 is 0 Å². The Bertz CT molecular complexity index is 1030. The molecule has 2 aromatic carbocycles. The molecule has 0 aliphatic heterocycles. The van der Waals surface area contributed by atoms with E-state index in [1.807, 2.05) is 6.07 Å². The lowest BCUT2D eigenvalue weighted by atomic mass is 10.2. The number of hydrogen-bond acceptors (Lipinski definition) is 5. The third-order valence-corrected chi connectivity index (χ3v) is 4.67. The number of sulfonamides is 1. The average Bonchev–Trinajstić information content (AvgIpc) is 2.55. The monoisotopic (exact) mass is 344 g/mol. The van der Waals surface area contributed by atoms with E-state index in [0.717, 1.165) is 0 Å². The molecule has 0 unspecified atom stereocenters. The summed E-state index contributed by atoms with van der Waals surface area (Å²) in [6.45, 7) is 0. The maximum absolute atomic E-state index is 12.4. The van der Waals surface area contributed by atoms with Crippen molar-refractivity contribution in [3.63, 3.8) is 0 Å². The molecule has 0 atom stereocenters. The second-order valence-electron chi connectivity index (χ2n) is 4.59. The predicted octanol–water partition coefficient (Wildman–Crippen LogP) is 2.96. The second kappa shape index (κ2) is 5.83. The van der Waals surface area contributed by atoms with E-state index >= 15 is 0 Å². The number of nitriles is 1. The summed E-state index contributed by atoms with van der Waals surface area (Å²) in [5.74, 6) is -0.0465. The smallest absolute Gasteiger partial charge is 0.261 e. The Morgan fingerprint density at radius 2 is 1.61 bits per heavy atom. The van der Waals surface area contributed by atoms with Crippen LogP contribution in [0.2, 0.25) is 5.15 Å². The molecule has 0 radical (unpaired) electrons. The van der Waals surface area contributed by atoms with Gasteiger partial charge in [0.25, 0.3) is 10.0 Å². The highest BCUT2D eigenvalue weighted by Crippen LogP contribution is 2.23. The van der Waals surface area contributed by atoms with Crippen molar-refractivity contribution < 1.29 is 8.42 Å². The van der Waals surface area contributed by atoms with Gasteiger partial charge in [0.15, 0.2) is 11.0 Å². The number of anilines is 1. The quantitative estimate of drug-likeness (QED) is 0.788. The van der Waals surface area contributed by atoms with Gasteiger partial charge in [-0.1, -0.05) is 23.7 Å². The van der Waals surface area contributed by atoms with Gasteiger partial charge in [0, 0.05) is 0 Å². The van der Waals surface area contributed by atoms with Crippen LogP contribution in [0.3, 0.4) is 0 Å². The zero-order valence-electron chi connectivity index (χ0n) is 11.6. The lowest BCUT2D eigenvalue weighted by Gasteiger charge is -2.09. The molecule has 0 amide bonds. The Morgan fingerprint density at radius 3 is 2.22 bits per heavy atom. The summed E-state index contributed by atoms with van der Waals surface area (Å²) in [5.41, 5.74) is 1.46. The number of nitrogens with zero attached hydrogens (tertiary/aromatic N) is 3. The minimum atomic E-state index is -3.88. The van der Waals surface area contributed by atoms with Gasteiger partial charge in [0.1, 0.15) is 0 Å². The SMILES string of the molecule is N#Cc1ccc(S(=O)(=O)Nc2nc3ccccc3nc2Cl)cc1. The Morgan fingerprint density at radius 1 is 1.00 bits per heavy atom. The molecule has 6 nitrogen and oxygen atoms in total. The summed E-state index contributed by atoms with van der Waals surface area (Å²) in [6.07, 6.45) is 0. The molecule has 0 fully saturated rings. The first-order valence-electron chi connectivity index (χ1n) is 6.45. The molecule has 1 heterocycles. The molecule has 0 saturated carbocycles. The molecule has 0 bridgehead atoms. The largest absolute Gasteiger partial charge is 0.263 e. The molecule has 23 heavy (non-hydrogen) atoms. The standard InChI is InChI=1S/C15H9ClN4O2S/c16-14-15(19-13-4-2-1-3-12(13)18-14)20-23(21,22)11-7-5-10(9-17)6-8-11/h1-8H,(H,19,20). The maximum Gasteiger partial charge on any atom is 0.263 e. The summed E-state index contributed by atoms with van der Waals surface area (Å²) in [7, 11) is -3.88. The maximum atomic E-state index is 12.4. The van der Waals surface area contributed by atoms with Crippen LogP contribution in [0.4, 0.5) is 5.82 Å². The number of benzene rings is 2. The van der Waals surface area contributed by atoms with E-state index in [4.69, 9.17) is 16.9 Å². The first kappa shape index (κ1) is 15.2. The summed E-state index contributed by atoms with van der Waals surface area (Å²) in [6, 6.07) is 14.4. The van der Waals surface area contributed by atoms with Gasteiger partial charge in [0.05, 0.1) is 27.6 Å². The van der Waals surface area contributed by atoms with Crippen molar-refractivity contribution in [3.8, 4) is 6.07 Å². The van der Waals surface area contributed by atoms with Crippen molar-refractivity contribution in [2.24, 2.45) is 0 Å². The van der Waals surface area contributed by atoms with E-state index in [1.54, 1.807) is 24.3 Å². The van der Waals surface area contributed by atoms with Gasteiger partial charge in [-0.25, -0.2) is 18.4 Å². The fraction of sp³-hybridized carbons (Fsp3) is 0. The van der Waals surface area contributed by atoms with Crippen LogP contribution in [-0.4, -0.2) is 18.4 Å². The second-order valence-corrected chi connectivity index (χ2v) is 6.63. The number of rotatable bonds is 3. The molecule has 114 valence electrons. The highest BCUT2D eigenvalue weighted by Gasteiger charge is 2.18. The number of para-hydroxylation sites is 2. The zero-order valence-corrected chi connectivity index (χ0v) is 13.1. The summed E-state index contributed by atoms with van der Waals surface area (Å²) in [4.78, 5) is 8.30. The lowest BCUT2D eigenvalue weighted by Crippen LogP contribution is -2.14. The minimum absolute atomic E-state index is 0.00234. The Labute approximate surface area is 137 Å². The predicted molar refractivity (Wildman–Crippen MR) is 86.5 cm³/mol. The van der Waals surface area contributed by atoms with E-state index in [0.29, 0.717) is 16.6 Å². The normalized spacial score (nSPS) is 11.1. The lowest BCUT2D eigenvalue weighted by molar-refractivity contribution is 0.601. The van der Waals surface area contributed by atoms with Crippen LogP contribution in [0.5, 0.6) is 0 Å². The molecule has 0 aliphatic rings. The third-order valence-electron chi connectivity index (χ3n) is 3.05. The first-order valence-corrected chi connectivity index (χ1v) is 8.31. The van der Waals surface area contributed by atoms with Gasteiger partial charge >= 0.3 is 0 Å². The van der Waals surface area contributed by atoms with Crippen molar-refractivity contribution in [2.45, 2.75) is 4.90 Å². The van der Waals surface area contributed by atoms with Gasteiger partial charge in [-0.15, -0.1) is 0 Å². The van der Waals surface area contributed by atoms with Crippen LogP contribution < -0.4 is 4.72 Å². The van der Waals surface area contributed by atoms with Crippen LogP contribution >= 0.6 is 11.6 Å². The number of fused-ring (bicyclic) bond motifs is 1. The van der Waals surface area contributed by atoms with Crippen LogP contribution in [0.15, 0.2) is 53.4 Å². The van der Waals surface area contributed by atoms with Crippen LogP contribution in [0.25, 0.3) is 11.0 Å². The molecule has 1 N–H and O–H groups in total. The fourth-order valence-corrected chi connectivity index (χ4v) is 3.18. The molecule has 0 aliphatic carbocycles. The van der Waals surface area contributed by atoms with Crippen molar-refractivity contribution >= 4 is 38.5 Å². The van der Waals surface area contributed by atoms with Crippen molar-refractivity contribution in [3.05, 3.63) is 59.2 Å². The number of nitrogens with one attached hydrogen (secondary N) is 1. The van der Waals surface area contributed by atoms with Gasteiger partial charge in [0.2, 0.25) is 0 Å². The number of aromatic nitrogens is 2. The summed E-state index contributed by atoms with van der Waals surface area (Å²) < 4.78 is 27.1. The van der Waals surface area contributed by atoms with E-state index in [2.05, 4.69) is 14.7 Å². The fourth-order valence-electron chi connectivity index (χ4n) is 1.94. The van der Waals surface area contributed by atoms with E-state index < -0.39 is 10.0 Å². The van der Waals surface area contributed by atoms with Crippen molar-refractivity contribution in [2.75, 3.05) is 4.72 Å². The Hall–Kier alpha value is -2.69. The minimum Gasteiger partial charge on any atom is -0.261 e. The van der Waals surface area contributed by atoms with Gasteiger partial charge in [-0.2, -0.15) is 5.26 Å². The number of halogens is 1. The van der Waals surface area contributed by atoms with Gasteiger partial charge in [-0.3, -0.25) is 4.72 Å². The zero-order chi connectivity index (χ0) is 16.4. The molecule has 1 aromatic heterocycles. The van der Waals surface area contributed by atoms with Crippen LogP contribution in [0.1, 0.15) is 5.56 Å².